The number of hydrogen-bond donors (Lipinski definition) is 2. The average Bonchev–Trinajstić information content (AvgIpc) is 2.79. The van der Waals surface area contributed by atoms with Crippen LogP contribution in [0.1, 0.15) is 37.1 Å². The second-order valence-corrected chi connectivity index (χ2v) is 6.58. The number of rotatable bonds is 2. The van der Waals surface area contributed by atoms with Gasteiger partial charge in [0.1, 0.15) is 0 Å². The summed E-state index contributed by atoms with van der Waals surface area (Å²) >= 11 is 1.67. The van der Waals surface area contributed by atoms with E-state index in [1.54, 1.807) is 11.3 Å². The van der Waals surface area contributed by atoms with Gasteiger partial charge >= 0.3 is 6.03 Å². The van der Waals surface area contributed by atoms with Gasteiger partial charge in [0.15, 0.2) is 0 Å². The highest BCUT2D eigenvalue weighted by Gasteiger charge is 2.15. The predicted octanol–water partition coefficient (Wildman–Crippen LogP) is 4.06. The first-order valence-corrected chi connectivity index (χ1v) is 7.97. The Balaban J connectivity index is 1.64. The van der Waals surface area contributed by atoms with Gasteiger partial charge in [0.2, 0.25) is 0 Å². The van der Waals surface area contributed by atoms with E-state index in [0.717, 1.165) is 33.8 Å². The third-order valence-corrected chi connectivity index (χ3v) is 4.64. The molecule has 1 aromatic carbocycles. The third kappa shape index (κ3) is 3.10. The Morgan fingerprint density at radius 3 is 2.90 bits per heavy atom. The Labute approximate surface area is 122 Å². The summed E-state index contributed by atoms with van der Waals surface area (Å²) in [7, 11) is 0. The molecule has 20 heavy (non-hydrogen) atoms. The molecule has 1 heterocycles. The fourth-order valence-electron chi connectivity index (χ4n) is 2.72. The minimum atomic E-state index is -0.108. The van der Waals surface area contributed by atoms with Gasteiger partial charge in [-0.2, -0.15) is 0 Å². The van der Waals surface area contributed by atoms with Crippen LogP contribution in [0.15, 0.2) is 18.2 Å². The monoisotopic (exact) mass is 289 g/mol. The minimum Gasteiger partial charge on any atom is -0.335 e. The van der Waals surface area contributed by atoms with Crippen LogP contribution in [0.3, 0.4) is 0 Å². The van der Waals surface area contributed by atoms with Gasteiger partial charge in [-0.1, -0.05) is 19.3 Å². The first kappa shape index (κ1) is 13.4. The number of benzene rings is 1. The second kappa shape index (κ2) is 5.79. The fourth-order valence-corrected chi connectivity index (χ4v) is 3.53. The van der Waals surface area contributed by atoms with Crippen LogP contribution in [0.25, 0.3) is 10.2 Å². The molecule has 0 aliphatic heterocycles. The summed E-state index contributed by atoms with van der Waals surface area (Å²) in [4.78, 5) is 16.4. The van der Waals surface area contributed by atoms with Crippen molar-refractivity contribution in [2.45, 2.75) is 45.1 Å². The van der Waals surface area contributed by atoms with Crippen LogP contribution in [0.2, 0.25) is 0 Å². The molecular formula is C15H19N3OS. The van der Waals surface area contributed by atoms with Crippen LogP contribution < -0.4 is 10.6 Å². The van der Waals surface area contributed by atoms with E-state index in [0.29, 0.717) is 6.04 Å². The molecule has 0 saturated heterocycles. The summed E-state index contributed by atoms with van der Waals surface area (Å²) in [6.45, 7) is 1.99. The zero-order chi connectivity index (χ0) is 13.9. The van der Waals surface area contributed by atoms with Crippen molar-refractivity contribution in [3.05, 3.63) is 23.2 Å². The Bertz CT molecular complexity index is 617. The van der Waals surface area contributed by atoms with E-state index in [1.807, 2.05) is 25.1 Å². The molecule has 0 unspecified atom stereocenters. The lowest BCUT2D eigenvalue weighted by atomic mass is 9.96. The first-order valence-electron chi connectivity index (χ1n) is 7.15. The number of aryl methyl sites for hydroxylation is 1. The van der Waals surface area contributed by atoms with E-state index in [2.05, 4.69) is 15.6 Å². The predicted molar refractivity (Wildman–Crippen MR) is 83.4 cm³/mol. The van der Waals surface area contributed by atoms with Gasteiger partial charge in [-0.15, -0.1) is 11.3 Å². The van der Waals surface area contributed by atoms with Gasteiger partial charge in [-0.3, -0.25) is 0 Å². The van der Waals surface area contributed by atoms with Crippen molar-refractivity contribution < 1.29 is 4.79 Å². The Morgan fingerprint density at radius 1 is 1.30 bits per heavy atom. The molecule has 0 atom stereocenters. The van der Waals surface area contributed by atoms with Crippen LogP contribution in [0.5, 0.6) is 0 Å². The van der Waals surface area contributed by atoms with Crippen LogP contribution in [-0.2, 0) is 0 Å². The summed E-state index contributed by atoms with van der Waals surface area (Å²) in [5.74, 6) is 0. The lowest BCUT2D eigenvalue weighted by Gasteiger charge is -2.22. The highest BCUT2D eigenvalue weighted by molar-refractivity contribution is 7.18. The first-order chi connectivity index (χ1) is 9.70. The van der Waals surface area contributed by atoms with Crippen molar-refractivity contribution in [1.29, 1.82) is 0 Å². The molecule has 0 bridgehead atoms. The average molecular weight is 289 g/mol. The Hall–Kier alpha value is -1.62. The van der Waals surface area contributed by atoms with Gasteiger partial charge in [0.05, 0.1) is 15.2 Å². The molecule has 1 aromatic heterocycles. The third-order valence-electron chi connectivity index (χ3n) is 3.69. The van der Waals surface area contributed by atoms with E-state index in [-0.39, 0.29) is 6.03 Å². The number of carbonyl (C=O) groups is 1. The lowest BCUT2D eigenvalue weighted by Crippen LogP contribution is -2.38. The molecule has 1 fully saturated rings. The molecule has 1 aliphatic carbocycles. The van der Waals surface area contributed by atoms with Crippen molar-refractivity contribution >= 4 is 33.3 Å². The maximum absolute atomic E-state index is 12.0. The molecule has 1 saturated carbocycles. The highest BCUT2D eigenvalue weighted by atomic mass is 32.1. The van der Waals surface area contributed by atoms with E-state index >= 15 is 0 Å². The van der Waals surface area contributed by atoms with Crippen molar-refractivity contribution in [1.82, 2.24) is 10.3 Å². The van der Waals surface area contributed by atoms with Crippen LogP contribution >= 0.6 is 11.3 Å². The number of carbonyl (C=O) groups excluding carboxylic acids is 1. The van der Waals surface area contributed by atoms with E-state index in [4.69, 9.17) is 0 Å². The number of amides is 2. The van der Waals surface area contributed by atoms with Crippen molar-refractivity contribution in [2.75, 3.05) is 5.32 Å². The highest BCUT2D eigenvalue weighted by Crippen LogP contribution is 2.24. The van der Waals surface area contributed by atoms with Crippen LogP contribution in [0.4, 0.5) is 10.5 Å². The number of thiazole rings is 1. The molecule has 3 rings (SSSR count). The zero-order valence-electron chi connectivity index (χ0n) is 11.6. The molecule has 5 heteroatoms. The number of hydrogen-bond acceptors (Lipinski definition) is 3. The maximum atomic E-state index is 12.0. The molecule has 2 N–H and O–H groups in total. The molecule has 1 aliphatic rings. The Morgan fingerprint density at radius 2 is 2.10 bits per heavy atom. The normalized spacial score (nSPS) is 16.2. The van der Waals surface area contributed by atoms with Gasteiger partial charge in [0, 0.05) is 11.7 Å². The summed E-state index contributed by atoms with van der Waals surface area (Å²) in [6.07, 6.45) is 5.92. The number of aromatic nitrogens is 1. The van der Waals surface area contributed by atoms with Crippen LogP contribution in [-0.4, -0.2) is 17.1 Å². The van der Waals surface area contributed by atoms with E-state index in [9.17, 15) is 4.79 Å². The number of fused-ring (bicyclic) bond motifs is 1. The molecule has 2 aromatic rings. The summed E-state index contributed by atoms with van der Waals surface area (Å²) in [6, 6.07) is 6.09. The molecule has 2 amide bonds. The second-order valence-electron chi connectivity index (χ2n) is 5.35. The molecule has 0 spiro atoms. The number of nitrogens with one attached hydrogen (secondary N) is 2. The van der Waals surface area contributed by atoms with Gasteiger partial charge in [-0.05, 0) is 38.0 Å². The molecule has 106 valence electrons. The largest absolute Gasteiger partial charge is 0.335 e. The Kier molecular flexibility index (Phi) is 3.87. The van der Waals surface area contributed by atoms with Crippen molar-refractivity contribution in [3.63, 3.8) is 0 Å². The summed E-state index contributed by atoms with van der Waals surface area (Å²) in [5.41, 5.74) is 1.75. The molecule has 4 nitrogen and oxygen atoms in total. The quantitative estimate of drug-likeness (QED) is 0.876. The van der Waals surface area contributed by atoms with Crippen molar-refractivity contribution in [2.24, 2.45) is 0 Å². The maximum Gasteiger partial charge on any atom is 0.319 e. The minimum absolute atomic E-state index is 0.108. The van der Waals surface area contributed by atoms with E-state index < -0.39 is 0 Å². The molecular weight excluding hydrogens is 270 g/mol. The SMILES string of the molecule is Cc1nc2cc(NC(=O)NC3CCCCC3)ccc2s1. The summed E-state index contributed by atoms with van der Waals surface area (Å²) in [5, 5.41) is 7.00. The van der Waals surface area contributed by atoms with Gasteiger partial charge in [-0.25, -0.2) is 9.78 Å². The number of nitrogens with zero attached hydrogens (tertiary/aromatic N) is 1. The topological polar surface area (TPSA) is 54.0 Å². The van der Waals surface area contributed by atoms with Gasteiger partial charge < -0.3 is 10.6 Å². The zero-order valence-corrected chi connectivity index (χ0v) is 12.4. The lowest BCUT2D eigenvalue weighted by molar-refractivity contribution is 0.244. The summed E-state index contributed by atoms with van der Waals surface area (Å²) < 4.78 is 1.15. The van der Waals surface area contributed by atoms with Crippen molar-refractivity contribution in [3.8, 4) is 0 Å². The fraction of sp³-hybridized carbons (Fsp3) is 0.467. The van der Waals surface area contributed by atoms with Gasteiger partial charge in [0.25, 0.3) is 0 Å². The standard InChI is InChI=1S/C15H19N3OS/c1-10-16-13-9-12(7-8-14(13)20-10)18-15(19)17-11-5-3-2-4-6-11/h7-9,11H,2-6H2,1H3,(H2,17,18,19). The molecule has 0 radical (unpaired) electrons. The number of urea groups is 1. The number of anilines is 1. The van der Waals surface area contributed by atoms with Crippen LogP contribution in [0, 0.1) is 6.92 Å². The van der Waals surface area contributed by atoms with E-state index in [1.165, 1.54) is 19.3 Å². The smallest absolute Gasteiger partial charge is 0.319 e.